The highest BCUT2D eigenvalue weighted by Crippen LogP contribution is 2.32. The van der Waals surface area contributed by atoms with Crippen LogP contribution >= 0.6 is 23.1 Å². The van der Waals surface area contributed by atoms with Crippen molar-refractivity contribution in [3.05, 3.63) is 48.0 Å². The first-order valence-electron chi connectivity index (χ1n) is 10.2. The van der Waals surface area contributed by atoms with Gasteiger partial charge in [-0.05, 0) is 44.0 Å². The number of fused-ring (bicyclic) bond motifs is 1. The fourth-order valence-electron chi connectivity index (χ4n) is 3.44. The molecule has 1 aromatic heterocycles. The third-order valence-corrected chi connectivity index (χ3v) is 7.20. The number of amides is 1. The van der Waals surface area contributed by atoms with Gasteiger partial charge in [0.15, 0.2) is 5.13 Å². The lowest BCUT2D eigenvalue weighted by Crippen LogP contribution is -2.37. The number of methoxy groups -OCH3 is 1. The first-order valence-corrected chi connectivity index (χ1v) is 12.0. The number of rotatable bonds is 8. The van der Waals surface area contributed by atoms with Gasteiger partial charge in [-0.25, -0.2) is 4.98 Å². The van der Waals surface area contributed by atoms with Crippen molar-refractivity contribution in [3.8, 4) is 5.75 Å². The van der Waals surface area contributed by atoms with E-state index in [2.05, 4.69) is 31.2 Å². The number of hydrogen-bond donors (Lipinski definition) is 0. The largest absolute Gasteiger partial charge is 0.497 e. The van der Waals surface area contributed by atoms with Crippen LogP contribution < -0.4 is 9.64 Å². The normalized spacial score (nSPS) is 16.1. The highest BCUT2D eigenvalue weighted by atomic mass is 32.2. The zero-order chi connectivity index (χ0) is 20.9. The molecule has 1 atom stereocenters. The summed E-state index contributed by atoms with van der Waals surface area (Å²) >= 11 is 3.25. The van der Waals surface area contributed by atoms with Crippen molar-refractivity contribution >= 4 is 44.4 Å². The van der Waals surface area contributed by atoms with Gasteiger partial charge in [0.1, 0.15) is 5.75 Å². The maximum Gasteiger partial charge on any atom is 0.229 e. The molecule has 1 amide bonds. The van der Waals surface area contributed by atoms with E-state index in [0.29, 0.717) is 13.0 Å². The van der Waals surface area contributed by atoms with Crippen molar-refractivity contribution in [2.75, 3.05) is 30.9 Å². The number of aryl methyl sites for hydroxylation is 1. The molecule has 1 fully saturated rings. The van der Waals surface area contributed by atoms with Crippen LogP contribution in [0.15, 0.2) is 47.4 Å². The number of nitrogens with zero attached hydrogens (tertiary/aromatic N) is 2. The van der Waals surface area contributed by atoms with Crippen LogP contribution in [-0.2, 0) is 9.53 Å². The van der Waals surface area contributed by atoms with Gasteiger partial charge in [-0.1, -0.05) is 29.0 Å². The molecule has 0 N–H and O–H groups in total. The van der Waals surface area contributed by atoms with Gasteiger partial charge >= 0.3 is 0 Å². The summed E-state index contributed by atoms with van der Waals surface area (Å²) in [4.78, 5) is 20.9. The molecule has 2 heterocycles. The zero-order valence-corrected chi connectivity index (χ0v) is 18.9. The van der Waals surface area contributed by atoms with Crippen LogP contribution in [-0.4, -0.2) is 43.0 Å². The van der Waals surface area contributed by atoms with E-state index in [1.165, 1.54) is 10.5 Å². The summed E-state index contributed by atoms with van der Waals surface area (Å²) in [6.45, 7) is 3.41. The number of ether oxygens (including phenoxy) is 2. The van der Waals surface area contributed by atoms with E-state index in [-0.39, 0.29) is 12.0 Å². The van der Waals surface area contributed by atoms with Gasteiger partial charge in [-0.2, -0.15) is 0 Å². The Morgan fingerprint density at radius 2 is 2.13 bits per heavy atom. The summed E-state index contributed by atoms with van der Waals surface area (Å²) < 4.78 is 12.2. The average Bonchev–Trinajstić information content (AvgIpc) is 3.42. The maximum atomic E-state index is 13.2. The van der Waals surface area contributed by atoms with Gasteiger partial charge in [0.2, 0.25) is 5.91 Å². The number of carbonyl (C=O) groups excluding carboxylic acids is 1. The van der Waals surface area contributed by atoms with Crippen LogP contribution in [0.4, 0.5) is 5.13 Å². The van der Waals surface area contributed by atoms with E-state index in [9.17, 15) is 4.79 Å². The van der Waals surface area contributed by atoms with E-state index in [4.69, 9.17) is 14.5 Å². The first-order chi connectivity index (χ1) is 14.6. The number of benzene rings is 2. The molecule has 3 aromatic rings. The second-order valence-corrected chi connectivity index (χ2v) is 9.56. The van der Waals surface area contributed by atoms with Gasteiger partial charge in [0.05, 0.1) is 30.0 Å². The Morgan fingerprint density at radius 1 is 1.30 bits per heavy atom. The van der Waals surface area contributed by atoms with Crippen molar-refractivity contribution in [1.29, 1.82) is 0 Å². The molecule has 1 aliphatic heterocycles. The standard InChI is InChI=1S/C23H26N2O3S2/c1-16-5-8-19(9-6-16)29-13-11-22(26)25(15-18-4-3-12-28-18)23-24-20-14-17(27-2)7-10-21(20)30-23/h5-10,14,18H,3-4,11-13,15H2,1-2H3. The molecule has 4 rings (SSSR count). The Kier molecular flexibility index (Phi) is 6.92. The lowest BCUT2D eigenvalue weighted by atomic mass is 10.2. The number of thiazole rings is 1. The van der Waals surface area contributed by atoms with Crippen LogP contribution in [0.2, 0.25) is 0 Å². The smallest absolute Gasteiger partial charge is 0.229 e. The summed E-state index contributed by atoms with van der Waals surface area (Å²) in [7, 11) is 1.65. The Morgan fingerprint density at radius 3 is 2.87 bits per heavy atom. The average molecular weight is 443 g/mol. The van der Waals surface area contributed by atoms with Crippen LogP contribution in [0, 0.1) is 6.92 Å². The second kappa shape index (κ2) is 9.81. The van der Waals surface area contributed by atoms with Crippen molar-refractivity contribution < 1.29 is 14.3 Å². The lowest BCUT2D eigenvalue weighted by molar-refractivity contribution is -0.118. The topological polar surface area (TPSA) is 51.7 Å². The quantitative estimate of drug-likeness (QED) is 0.443. The minimum atomic E-state index is 0.0836. The van der Waals surface area contributed by atoms with E-state index in [0.717, 1.165) is 46.3 Å². The molecule has 0 aliphatic carbocycles. The summed E-state index contributed by atoms with van der Waals surface area (Å²) in [5.74, 6) is 1.60. The third-order valence-electron chi connectivity index (χ3n) is 5.13. The van der Waals surface area contributed by atoms with Gasteiger partial charge in [0, 0.05) is 29.7 Å². The predicted molar refractivity (Wildman–Crippen MR) is 124 cm³/mol. The Labute approximate surface area is 185 Å². The van der Waals surface area contributed by atoms with Gasteiger partial charge in [0.25, 0.3) is 0 Å². The molecule has 158 valence electrons. The van der Waals surface area contributed by atoms with Gasteiger partial charge in [-0.15, -0.1) is 11.8 Å². The number of aromatic nitrogens is 1. The fraction of sp³-hybridized carbons (Fsp3) is 0.391. The Bertz CT molecular complexity index is 997. The molecule has 7 heteroatoms. The van der Waals surface area contributed by atoms with E-state index in [1.54, 1.807) is 30.2 Å². The highest BCUT2D eigenvalue weighted by Gasteiger charge is 2.26. The van der Waals surface area contributed by atoms with E-state index >= 15 is 0 Å². The first kappa shape index (κ1) is 21.2. The molecular weight excluding hydrogens is 416 g/mol. The molecule has 0 spiro atoms. The number of carbonyl (C=O) groups is 1. The van der Waals surface area contributed by atoms with Gasteiger partial charge in [-0.3, -0.25) is 9.69 Å². The van der Waals surface area contributed by atoms with Crippen LogP contribution in [0.5, 0.6) is 5.75 Å². The Hall–Kier alpha value is -2.09. The molecule has 1 saturated heterocycles. The lowest BCUT2D eigenvalue weighted by Gasteiger charge is -2.23. The SMILES string of the molecule is COc1ccc2sc(N(CC3CCCO3)C(=O)CCSc3ccc(C)cc3)nc2c1. The fourth-order valence-corrected chi connectivity index (χ4v) is 5.26. The summed E-state index contributed by atoms with van der Waals surface area (Å²) in [5, 5.41) is 0.735. The van der Waals surface area contributed by atoms with Crippen LogP contribution in [0.25, 0.3) is 10.2 Å². The number of anilines is 1. The van der Waals surface area contributed by atoms with Crippen molar-refractivity contribution in [2.45, 2.75) is 37.2 Å². The van der Waals surface area contributed by atoms with Crippen molar-refractivity contribution in [3.63, 3.8) is 0 Å². The number of hydrogen-bond acceptors (Lipinski definition) is 6. The maximum absolute atomic E-state index is 13.2. The minimum Gasteiger partial charge on any atom is -0.497 e. The van der Waals surface area contributed by atoms with Crippen LogP contribution in [0.1, 0.15) is 24.8 Å². The molecule has 5 nitrogen and oxygen atoms in total. The molecule has 30 heavy (non-hydrogen) atoms. The van der Waals surface area contributed by atoms with E-state index < -0.39 is 0 Å². The van der Waals surface area contributed by atoms with Gasteiger partial charge < -0.3 is 9.47 Å². The zero-order valence-electron chi connectivity index (χ0n) is 17.3. The molecule has 1 aliphatic rings. The second-order valence-electron chi connectivity index (χ2n) is 7.38. The molecule has 0 radical (unpaired) electrons. The molecule has 0 saturated carbocycles. The number of thioether (sulfide) groups is 1. The predicted octanol–water partition coefficient (Wildman–Crippen LogP) is 5.31. The minimum absolute atomic E-state index is 0.0836. The third kappa shape index (κ3) is 5.14. The molecular formula is C23H26N2O3S2. The van der Waals surface area contributed by atoms with E-state index in [1.807, 2.05) is 23.1 Å². The summed E-state index contributed by atoms with van der Waals surface area (Å²) in [5.41, 5.74) is 2.10. The monoisotopic (exact) mass is 442 g/mol. The molecule has 0 bridgehead atoms. The molecule has 1 unspecified atom stereocenters. The Balaban J connectivity index is 1.48. The van der Waals surface area contributed by atoms with Crippen molar-refractivity contribution in [1.82, 2.24) is 4.98 Å². The molecule has 2 aromatic carbocycles. The summed E-state index contributed by atoms with van der Waals surface area (Å²) in [6, 6.07) is 14.3. The van der Waals surface area contributed by atoms with Crippen molar-refractivity contribution in [2.24, 2.45) is 0 Å². The highest BCUT2D eigenvalue weighted by molar-refractivity contribution is 7.99. The van der Waals surface area contributed by atoms with Crippen LogP contribution in [0.3, 0.4) is 0 Å². The summed E-state index contributed by atoms with van der Waals surface area (Å²) in [6.07, 6.45) is 2.58.